The van der Waals surface area contributed by atoms with Crippen molar-refractivity contribution in [2.75, 3.05) is 6.61 Å². The number of hydrogen-bond acceptors (Lipinski definition) is 4. The molecule has 0 aliphatic heterocycles. The first kappa shape index (κ1) is 21.8. The molecule has 0 spiro atoms. The van der Waals surface area contributed by atoms with Crippen LogP contribution in [-0.4, -0.2) is 34.2 Å². The molecule has 29 heavy (non-hydrogen) atoms. The van der Waals surface area contributed by atoms with E-state index in [1.54, 1.807) is 18.2 Å². The molecule has 0 unspecified atom stereocenters. The number of benzene rings is 1. The molecule has 1 aromatic carbocycles. The topological polar surface area (TPSA) is 92.3 Å². The number of rotatable bonds is 7. The smallest absolute Gasteiger partial charge is 0.406 e. The Kier molecular flexibility index (Phi) is 6.49. The fourth-order valence-electron chi connectivity index (χ4n) is 2.77. The predicted molar refractivity (Wildman–Crippen MR) is 97.5 cm³/mol. The number of ketones is 1. The lowest BCUT2D eigenvalue weighted by Crippen LogP contribution is -2.19. The van der Waals surface area contributed by atoms with Gasteiger partial charge in [0.15, 0.2) is 6.61 Å². The van der Waals surface area contributed by atoms with E-state index in [-0.39, 0.29) is 28.3 Å². The number of nitriles is 1. The predicted octanol–water partition coefficient (Wildman–Crippen LogP) is 3.92. The minimum absolute atomic E-state index is 0.0107. The molecule has 152 valence electrons. The number of Topliss-reactive ketones (excluding diaryl/α,β-unsaturated/α-hetero) is 1. The highest BCUT2D eigenvalue weighted by atomic mass is 19.4. The highest BCUT2D eigenvalue weighted by Crippen LogP contribution is 2.26. The molecule has 0 saturated heterocycles. The molecule has 6 nitrogen and oxygen atoms in total. The summed E-state index contributed by atoms with van der Waals surface area (Å²) in [5.41, 5.74) is 0.307. The van der Waals surface area contributed by atoms with Gasteiger partial charge in [0, 0.05) is 22.5 Å². The van der Waals surface area contributed by atoms with Crippen molar-refractivity contribution in [3.05, 3.63) is 58.4 Å². The number of ether oxygens (including phenoxy) is 1. The molecule has 0 atom stereocenters. The van der Waals surface area contributed by atoms with E-state index in [2.05, 4.69) is 0 Å². The summed E-state index contributed by atoms with van der Waals surface area (Å²) in [4.78, 5) is 23.5. The maximum atomic E-state index is 12.8. The van der Waals surface area contributed by atoms with Gasteiger partial charge in [-0.3, -0.25) is 4.79 Å². The molecular weight excluding hydrogens is 389 g/mol. The molecule has 0 aliphatic carbocycles. The molecule has 0 aliphatic rings. The van der Waals surface area contributed by atoms with Gasteiger partial charge >= 0.3 is 12.1 Å². The molecular formula is C20H17F3N2O4. The average Bonchev–Trinajstić information content (AvgIpc) is 2.91. The third-order valence-electron chi connectivity index (χ3n) is 4.09. The summed E-state index contributed by atoms with van der Waals surface area (Å²) in [6.45, 7) is 0.972. The molecule has 1 N–H and O–H groups in total. The number of alkyl halides is 3. The Morgan fingerprint density at radius 1 is 1.28 bits per heavy atom. The van der Waals surface area contributed by atoms with E-state index >= 15 is 0 Å². The Labute approximate surface area is 164 Å². The summed E-state index contributed by atoms with van der Waals surface area (Å²) in [5.74, 6) is -1.78. The van der Waals surface area contributed by atoms with Crippen LogP contribution in [0.3, 0.4) is 0 Å². The number of carbonyl (C=O) groups is 2. The molecule has 0 amide bonds. The molecule has 2 aromatic rings. The second kappa shape index (κ2) is 8.65. The number of halogens is 3. The Bertz CT molecular complexity index is 1010. The largest absolute Gasteiger partial charge is 0.481 e. The first-order valence-corrected chi connectivity index (χ1v) is 8.37. The van der Waals surface area contributed by atoms with E-state index in [0.29, 0.717) is 5.56 Å². The number of para-hydroxylation sites is 1. The van der Waals surface area contributed by atoms with E-state index in [1.807, 2.05) is 0 Å². The van der Waals surface area contributed by atoms with Crippen LogP contribution in [-0.2, 0) is 11.3 Å². The number of carboxylic acids is 1. The van der Waals surface area contributed by atoms with Crippen LogP contribution in [0.25, 0.3) is 6.08 Å². The lowest BCUT2D eigenvalue weighted by Gasteiger charge is -2.12. The normalized spacial score (nSPS) is 11.8. The number of aromatic nitrogens is 1. The molecule has 9 heteroatoms. The maximum absolute atomic E-state index is 12.8. The number of carboxylic acid groups (broad SMARTS) is 1. The quantitative estimate of drug-likeness (QED) is 0.427. The van der Waals surface area contributed by atoms with Crippen molar-refractivity contribution in [1.29, 1.82) is 5.26 Å². The van der Waals surface area contributed by atoms with Crippen molar-refractivity contribution in [1.82, 2.24) is 4.57 Å². The second-order valence-electron chi connectivity index (χ2n) is 6.21. The third-order valence-corrected chi connectivity index (χ3v) is 4.09. The number of nitrogens with zero attached hydrogens (tertiary/aromatic N) is 2. The van der Waals surface area contributed by atoms with Gasteiger partial charge in [0.2, 0.25) is 5.78 Å². The SMILES string of the molecule is Cc1cc(C(=O)/C(C#N)=C/c2ccccc2OCC(=O)O)c(C)n1CC(F)(F)F. The zero-order chi connectivity index (χ0) is 21.8. The summed E-state index contributed by atoms with van der Waals surface area (Å²) in [7, 11) is 0. The van der Waals surface area contributed by atoms with Crippen molar-refractivity contribution < 1.29 is 32.6 Å². The van der Waals surface area contributed by atoms with Gasteiger partial charge in [0.1, 0.15) is 23.9 Å². The Morgan fingerprint density at radius 2 is 1.93 bits per heavy atom. The van der Waals surface area contributed by atoms with Gasteiger partial charge in [0.25, 0.3) is 0 Å². The minimum Gasteiger partial charge on any atom is -0.481 e. The highest BCUT2D eigenvalue weighted by Gasteiger charge is 2.30. The van der Waals surface area contributed by atoms with Crippen LogP contribution in [0.15, 0.2) is 35.9 Å². The number of hydrogen-bond donors (Lipinski definition) is 1. The number of allylic oxidation sites excluding steroid dienone is 1. The molecule has 1 aromatic heterocycles. The van der Waals surface area contributed by atoms with Crippen LogP contribution >= 0.6 is 0 Å². The van der Waals surface area contributed by atoms with Crippen LogP contribution < -0.4 is 4.74 Å². The maximum Gasteiger partial charge on any atom is 0.406 e. The zero-order valence-electron chi connectivity index (χ0n) is 15.6. The van der Waals surface area contributed by atoms with Crippen LogP contribution in [0, 0.1) is 25.2 Å². The van der Waals surface area contributed by atoms with Gasteiger partial charge < -0.3 is 14.4 Å². The van der Waals surface area contributed by atoms with E-state index in [4.69, 9.17) is 9.84 Å². The van der Waals surface area contributed by atoms with Gasteiger partial charge in [-0.05, 0) is 32.1 Å². The zero-order valence-corrected chi connectivity index (χ0v) is 15.6. The van der Waals surface area contributed by atoms with Gasteiger partial charge in [0.05, 0.1) is 0 Å². The average molecular weight is 406 g/mol. The van der Waals surface area contributed by atoms with Gasteiger partial charge in [-0.1, -0.05) is 18.2 Å². The van der Waals surface area contributed by atoms with Crippen LogP contribution in [0.2, 0.25) is 0 Å². The van der Waals surface area contributed by atoms with Gasteiger partial charge in [-0.2, -0.15) is 18.4 Å². The van der Waals surface area contributed by atoms with Gasteiger partial charge in [-0.15, -0.1) is 0 Å². The summed E-state index contributed by atoms with van der Waals surface area (Å²) < 4.78 is 44.4. The highest BCUT2D eigenvalue weighted by molar-refractivity contribution is 6.14. The third kappa shape index (κ3) is 5.48. The van der Waals surface area contributed by atoms with Crippen LogP contribution in [0.1, 0.15) is 27.3 Å². The summed E-state index contributed by atoms with van der Waals surface area (Å²) in [6, 6.07) is 9.25. The summed E-state index contributed by atoms with van der Waals surface area (Å²) in [5, 5.41) is 18.2. The van der Waals surface area contributed by atoms with Crippen molar-refractivity contribution >= 4 is 17.8 Å². The lowest BCUT2D eigenvalue weighted by atomic mass is 10.0. The number of carbonyl (C=O) groups excluding carboxylic acids is 1. The van der Waals surface area contributed by atoms with Crippen molar-refractivity contribution in [3.8, 4) is 11.8 Å². The number of aliphatic carboxylic acids is 1. The molecule has 2 rings (SSSR count). The standard InChI is InChI=1S/C20H17F3N2O4/c1-12-7-16(13(2)25(12)11-20(21,22)23)19(28)15(9-24)8-14-5-3-4-6-17(14)29-10-18(26)27/h3-8H,10-11H2,1-2H3,(H,26,27)/b15-8+. The van der Waals surface area contributed by atoms with Crippen molar-refractivity contribution in [2.24, 2.45) is 0 Å². The molecule has 0 bridgehead atoms. The minimum atomic E-state index is -4.46. The second-order valence-corrected chi connectivity index (χ2v) is 6.21. The fourth-order valence-corrected chi connectivity index (χ4v) is 2.77. The van der Waals surface area contributed by atoms with Gasteiger partial charge in [-0.25, -0.2) is 4.79 Å². The molecule has 1 heterocycles. The summed E-state index contributed by atoms with van der Waals surface area (Å²) >= 11 is 0. The van der Waals surface area contributed by atoms with E-state index in [0.717, 1.165) is 4.57 Å². The monoisotopic (exact) mass is 406 g/mol. The Morgan fingerprint density at radius 3 is 2.52 bits per heavy atom. The van der Waals surface area contributed by atoms with Crippen LogP contribution in [0.5, 0.6) is 5.75 Å². The van der Waals surface area contributed by atoms with E-state index < -0.39 is 31.1 Å². The molecule has 0 radical (unpaired) electrons. The first-order chi connectivity index (χ1) is 13.5. The van der Waals surface area contributed by atoms with E-state index in [9.17, 15) is 28.0 Å². The molecule has 0 saturated carbocycles. The van der Waals surface area contributed by atoms with E-state index in [1.165, 1.54) is 38.1 Å². The lowest BCUT2D eigenvalue weighted by molar-refractivity contribution is -0.141. The Balaban J connectivity index is 2.42. The van der Waals surface area contributed by atoms with Crippen molar-refractivity contribution in [2.45, 2.75) is 26.6 Å². The number of aryl methyl sites for hydroxylation is 1. The Hall–Kier alpha value is -3.54. The van der Waals surface area contributed by atoms with Crippen molar-refractivity contribution in [3.63, 3.8) is 0 Å². The fraction of sp³-hybridized carbons (Fsp3) is 0.250. The summed E-state index contributed by atoms with van der Waals surface area (Å²) in [6.07, 6.45) is -3.24. The van der Waals surface area contributed by atoms with Crippen LogP contribution in [0.4, 0.5) is 13.2 Å². The molecule has 0 fully saturated rings. The first-order valence-electron chi connectivity index (χ1n) is 8.37.